The van der Waals surface area contributed by atoms with Crippen molar-refractivity contribution in [1.82, 2.24) is 0 Å². The van der Waals surface area contributed by atoms with Crippen LogP contribution in [-0.4, -0.2) is 4.16 Å². The van der Waals surface area contributed by atoms with Crippen LogP contribution in [-0.2, 0) is 61.9 Å². The zero-order valence-corrected chi connectivity index (χ0v) is 14.5. The van der Waals surface area contributed by atoms with E-state index in [-0.39, 0.29) is 70.9 Å². The van der Waals surface area contributed by atoms with Crippen LogP contribution < -0.4 is 63.9 Å². The van der Waals surface area contributed by atoms with Gasteiger partial charge < -0.3 is 0 Å². The first-order chi connectivity index (χ1) is 4.00. The molecule has 0 heterocycles. The fourth-order valence-corrected chi connectivity index (χ4v) is 0. The molecule has 12 heteroatoms. The van der Waals surface area contributed by atoms with Gasteiger partial charge in [0.2, 0.25) is 0 Å². The zero-order valence-electron chi connectivity index (χ0n) is 5.83. The monoisotopic (exact) mass is 336 g/mol. The number of rotatable bonds is 0. The first-order valence-corrected chi connectivity index (χ1v) is 5.56. The molecule has 0 radical (unpaired) electrons. The van der Waals surface area contributed by atoms with Crippen molar-refractivity contribution in [3.05, 3.63) is 0 Å². The van der Waals surface area contributed by atoms with Gasteiger partial charge in [0.15, 0.2) is 0 Å². The normalized spacial score (nSPS) is 9.67. The van der Waals surface area contributed by atoms with Crippen LogP contribution in [0.4, 0.5) is 0 Å². The Bertz CT molecular complexity index is 213. The van der Waals surface area contributed by atoms with Crippen LogP contribution in [0.25, 0.3) is 0 Å². The van der Waals surface area contributed by atoms with Crippen LogP contribution in [0.2, 0.25) is 0 Å². The minimum Gasteiger partial charge on any atom is 2.00 e. The summed E-state index contributed by atoms with van der Waals surface area (Å²) in [5.74, 6) is 0. The number of hydrogen-bond donors (Lipinski definition) is 1. The second-order valence-corrected chi connectivity index (χ2v) is 3.45. The van der Waals surface area contributed by atoms with Gasteiger partial charge in [0, 0.05) is 0 Å². The summed E-state index contributed by atoms with van der Waals surface area (Å²) < 4.78 is 67.5. The zero-order chi connectivity index (χ0) is 9.00. The quantitative estimate of drug-likeness (QED) is 0.427. The maximum Gasteiger partial charge on any atom is 2.00 e. The van der Waals surface area contributed by atoms with E-state index in [0.717, 1.165) is 0 Å². The standard InChI is InChI=1S/2Cr.K.H2O.7O.Zn/h;;;1H2;;;;;;;;/q;2*+1;;;;;;3*-1;+2/p-1. The molecule has 12 heavy (non-hydrogen) atoms. The molecule has 0 aromatic rings. The van der Waals surface area contributed by atoms with Crippen LogP contribution >= 0.6 is 0 Å². The molecule has 0 aromatic heterocycles. The average molecular weight is 337 g/mol. The Kier molecular flexibility index (Phi) is 19.7. The fraction of sp³-hybridized carbons (Fsp3) is 0. The van der Waals surface area contributed by atoms with Crippen molar-refractivity contribution < 1.29 is 130 Å². The van der Waals surface area contributed by atoms with Crippen molar-refractivity contribution in [2.75, 3.05) is 0 Å². The molecule has 0 aliphatic carbocycles. The second kappa shape index (κ2) is 9.90. The van der Waals surface area contributed by atoms with Gasteiger partial charge in [-0.05, 0) is 0 Å². The van der Waals surface area contributed by atoms with E-state index in [1.165, 1.54) is 0 Å². The SMILES string of the molecule is [K+].[O]=[Cr](=[O])([O-])[O-].[O]=[Cr](=[O])([O-])[OH].[Zn+2]. The van der Waals surface area contributed by atoms with Gasteiger partial charge in [-0.1, -0.05) is 0 Å². The molecule has 0 aliphatic rings. The summed E-state index contributed by atoms with van der Waals surface area (Å²) in [6.45, 7) is 0. The minimum atomic E-state index is -5.75. The topological polar surface area (TPSA) is 158 Å². The van der Waals surface area contributed by atoms with Gasteiger partial charge in [-0.2, -0.15) is 0 Å². The molecule has 64 valence electrons. The smallest absolute Gasteiger partial charge is 2.00 e. The molecular weight excluding hydrogens is 336 g/mol. The molecule has 0 aromatic carbocycles. The van der Waals surface area contributed by atoms with Crippen LogP contribution in [0.1, 0.15) is 0 Å². The minimum absolute atomic E-state index is 0. The van der Waals surface area contributed by atoms with E-state index in [1.54, 1.807) is 0 Å². The molecule has 0 saturated heterocycles. The van der Waals surface area contributed by atoms with E-state index >= 15 is 0 Å². The molecule has 1 N–H and O–H groups in total. The molecule has 0 bridgehead atoms. The Morgan fingerprint density at radius 2 is 0.917 bits per heavy atom. The van der Waals surface area contributed by atoms with Crippen LogP contribution in [0.3, 0.4) is 0 Å². The summed E-state index contributed by atoms with van der Waals surface area (Å²) in [7, 11) is 0. The summed E-state index contributed by atoms with van der Waals surface area (Å²) >= 11 is -11.2. The Labute approximate surface area is 127 Å². The molecule has 0 fully saturated rings. The molecule has 0 amide bonds. The van der Waals surface area contributed by atoms with Crippen LogP contribution in [0.5, 0.6) is 0 Å². The van der Waals surface area contributed by atoms with Crippen LogP contribution in [0.15, 0.2) is 0 Å². The second-order valence-electron chi connectivity index (χ2n) is 0.836. The van der Waals surface area contributed by atoms with Gasteiger partial charge in [0.05, 0.1) is 0 Å². The maximum absolute atomic E-state index is 8.70. The van der Waals surface area contributed by atoms with Crippen molar-refractivity contribution in [3.63, 3.8) is 0 Å². The molecule has 0 spiro atoms. The molecular formula is HCr2KO8Zn. The van der Waals surface area contributed by atoms with E-state index in [4.69, 9.17) is 31.8 Å². The van der Waals surface area contributed by atoms with E-state index in [9.17, 15) is 0 Å². The van der Waals surface area contributed by atoms with Gasteiger partial charge in [-0.15, -0.1) is 0 Å². The summed E-state index contributed by atoms with van der Waals surface area (Å²) in [5.41, 5.74) is 0. The first kappa shape index (κ1) is 23.9. The van der Waals surface area contributed by atoms with E-state index in [2.05, 4.69) is 0 Å². The molecule has 0 rings (SSSR count). The Balaban J connectivity index is -0.0000000457. The summed E-state index contributed by atoms with van der Waals surface area (Å²) in [6, 6.07) is 0. The summed E-state index contributed by atoms with van der Waals surface area (Å²) in [6.07, 6.45) is 0. The predicted octanol–water partition coefficient (Wildman–Crippen LogP) is -7.60. The van der Waals surface area contributed by atoms with Crippen molar-refractivity contribution in [1.29, 1.82) is 0 Å². The van der Waals surface area contributed by atoms with E-state index in [1.807, 2.05) is 0 Å². The van der Waals surface area contributed by atoms with Crippen molar-refractivity contribution in [2.45, 2.75) is 0 Å². The van der Waals surface area contributed by atoms with Crippen LogP contribution in [0, 0.1) is 0 Å². The Hall–Kier alpha value is 2.36. The predicted molar refractivity (Wildman–Crippen MR) is 4.96 cm³/mol. The average Bonchev–Trinajstić information content (AvgIpc) is 1.12. The Morgan fingerprint density at radius 3 is 0.917 bits per heavy atom. The summed E-state index contributed by atoms with van der Waals surface area (Å²) in [5, 5.41) is 0. The number of hydrogen-bond acceptors (Lipinski definition) is 7. The van der Waals surface area contributed by atoms with Gasteiger partial charge in [0.1, 0.15) is 0 Å². The summed E-state index contributed by atoms with van der Waals surface area (Å²) in [4.78, 5) is 0. The Morgan fingerprint density at radius 1 is 0.917 bits per heavy atom. The molecule has 0 aliphatic heterocycles. The third-order valence-corrected chi connectivity index (χ3v) is 0. The fourth-order valence-electron chi connectivity index (χ4n) is 0. The molecule has 8 nitrogen and oxygen atoms in total. The largest absolute Gasteiger partial charge is 2.00 e. The van der Waals surface area contributed by atoms with Crippen molar-refractivity contribution in [2.24, 2.45) is 0 Å². The first-order valence-electron chi connectivity index (χ1n) is 1.35. The van der Waals surface area contributed by atoms with Crippen molar-refractivity contribution in [3.8, 4) is 0 Å². The maximum atomic E-state index is 8.70. The van der Waals surface area contributed by atoms with Crippen molar-refractivity contribution >= 4 is 0 Å². The van der Waals surface area contributed by atoms with E-state index in [0.29, 0.717) is 0 Å². The third kappa shape index (κ3) is 286. The molecule has 0 unspecified atom stereocenters. The van der Waals surface area contributed by atoms with Gasteiger partial charge >= 0.3 is 130 Å². The van der Waals surface area contributed by atoms with Gasteiger partial charge in [-0.3, -0.25) is 0 Å². The molecule has 0 atom stereocenters. The van der Waals surface area contributed by atoms with Gasteiger partial charge in [0.25, 0.3) is 0 Å². The molecule has 0 saturated carbocycles. The van der Waals surface area contributed by atoms with E-state index < -0.39 is 27.2 Å². The van der Waals surface area contributed by atoms with Gasteiger partial charge in [-0.25, -0.2) is 0 Å². The third-order valence-electron chi connectivity index (χ3n) is 0.